The van der Waals surface area contributed by atoms with Crippen molar-refractivity contribution in [1.29, 1.82) is 0 Å². The smallest absolute Gasteiger partial charge is 0.410 e. The van der Waals surface area contributed by atoms with Crippen LogP contribution in [0.4, 0.5) is 4.79 Å². The summed E-state index contributed by atoms with van der Waals surface area (Å²) >= 11 is 0. The van der Waals surface area contributed by atoms with Crippen LogP contribution in [-0.2, 0) is 11.3 Å². The highest BCUT2D eigenvalue weighted by Gasteiger charge is 2.33. The van der Waals surface area contributed by atoms with E-state index in [4.69, 9.17) is 10.5 Å². The summed E-state index contributed by atoms with van der Waals surface area (Å²) in [4.78, 5) is 24.5. The van der Waals surface area contributed by atoms with Gasteiger partial charge in [-0.25, -0.2) is 4.79 Å². The van der Waals surface area contributed by atoms with Gasteiger partial charge in [-0.3, -0.25) is 4.79 Å². The highest BCUT2D eigenvalue weighted by molar-refractivity contribution is 5.92. The molecule has 0 aliphatic carbocycles. The van der Waals surface area contributed by atoms with E-state index in [1.165, 1.54) is 0 Å². The average molecular weight is 305 g/mol. The van der Waals surface area contributed by atoms with Crippen molar-refractivity contribution < 1.29 is 14.3 Å². The van der Waals surface area contributed by atoms with Gasteiger partial charge >= 0.3 is 6.09 Å². The van der Waals surface area contributed by atoms with Gasteiger partial charge in [0.15, 0.2) is 0 Å². The Bertz CT molecular complexity index is 543. The Balaban J connectivity index is 1.72. The molecule has 6 heteroatoms. The van der Waals surface area contributed by atoms with Crippen molar-refractivity contribution in [2.75, 3.05) is 13.1 Å². The zero-order valence-corrected chi connectivity index (χ0v) is 13.3. The van der Waals surface area contributed by atoms with Gasteiger partial charge in [0.2, 0.25) is 5.91 Å². The molecular formula is C16H23N3O3. The molecule has 1 aromatic carbocycles. The standard InChI is InChI=1S/C16H23N3O3/c1-16(2,3)22-15(21)19-9-13(10-19)18-8-11-4-6-12(7-5-11)14(17)20/h4-7,13,18H,8-10H2,1-3H3,(H2,17,20). The summed E-state index contributed by atoms with van der Waals surface area (Å²) in [5, 5.41) is 3.37. The number of carbonyl (C=O) groups excluding carboxylic acids is 2. The first kappa shape index (κ1) is 16.3. The lowest BCUT2D eigenvalue weighted by atomic mass is 10.1. The lowest BCUT2D eigenvalue weighted by Crippen LogP contribution is -2.60. The molecule has 1 aliphatic heterocycles. The molecule has 2 amide bonds. The molecule has 1 heterocycles. The predicted octanol–water partition coefficient (Wildman–Crippen LogP) is 1.49. The summed E-state index contributed by atoms with van der Waals surface area (Å²) in [7, 11) is 0. The number of hydrogen-bond acceptors (Lipinski definition) is 4. The molecule has 2 rings (SSSR count). The number of ether oxygens (including phenoxy) is 1. The van der Waals surface area contributed by atoms with Crippen LogP contribution >= 0.6 is 0 Å². The van der Waals surface area contributed by atoms with Crippen molar-refractivity contribution in [3.8, 4) is 0 Å². The second-order valence-electron chi connectivity index (χ2n) is 6.52. The van der Waals surface area contributed by atoms with Crippen molar-refractivity contribution in [3.05, 3.63) is 35.4 Å². The van der Waals surface area contributed by atoms with Gasteiger partial charge in [-0.1, -0.05) is 12.1 Å². The molecule has 3 N–H and O–H groups in total. The van der Waals surface area contributed by atoms with Crippen LogP contribution in [0.1, 0.15) is 36.7 Å². The third-order valence-corrected chi connectivity index (χ3v) is 3.37. The molecule has 0 aromatic heterocycles. The van der Waals surface area contributed by atoms with Crippen LogP contribution in [0.25, 0.3) is 0 Å². The maximum Gasteiger partial charge on any atom is 0.410 e. The second-order valence-corrected chi connectivity index (χ2v) is 6.52. The van der Waals surface area contributed by atoms with E-state index in [-0.39, 0.29) is 12.1 Å². The molecule has 0 unspecified atom stereocenters. The number of nitrogens with one attached hydrogen (secondary N) is 1. The molecule has 6 nitrogen and oxygen atoms in total. The third kappa shape index (κ3) is 4.46. The van der Waals surface area contributed by atoms with Gasteiger partial charge in [0.05, 0.1) is 0 Å². The molecule has 22 heavy (non-hydrogen) atoms. The van der Waals surface area contributed by atoms with E-state index in [2.05, 4.69) is 5.32 Å². The molecule has 1 fully saturated rings. The van der Waals surface area contributed by atoms with Gasteiger partial charge in [0, 0.05) is 31.2 Å². The maximum absolute atomic E-state index is 11.8. The summed E-state index contributed by atoms with van der Waals surface area (Å²) in [6.07, 6.45) is -0.267. The van der Waals surface area contributed by atoms with E-state index in [0.717, 1.165) is 5.56 Å². The van der Waals surface area contributed by atoms with Crippen molar-refractivity contribution >= 4 is 12.0 Å². The first-order chi connectivity index (χ1) is 10.2. The van der Waals surface area contributed by atoms with Crippen molar-refractivity contribution in [2.45, 2.75) is 39.0 Å². The zero-order valence-electron chi connectivity index (χ0n) is 13.3. The quantitative estimate of drug-likeness (QED) is 0.882. The fourth-order valence-electron chi connectivity index (χ4n) is 2.13. The molecule has 1 saturated heterocycles. The van der Waals surface area contributed by atoms with Gasteiger partial charge in [-0.2, -0.15) is 0 Å². The summed E-state index contributed by atoms with van der Waals surface area (Å²) in [6.45, 7) is 7.55. The van der Waals surface area contributed by atoms with E-state index in [1.54, 1.807) is 17.0 Å². The highest BCUT2D eigenvalue weighted by Crippen LogP contribution is 2.15. The fourth-order valence-corrected chi connectivity index (χ4v) is 2.13. The number of hydrogen-bond donors (Lipinski definition) is 2. The number of amides is 2. The van der Waals surface area contributed by atoms with Crippen LogP contribution < -0.4 is 11.1 Å². The molecule has 0 radical (unpaired) electrons. The van der Waals surface area contributed by atoms with Crippen LogP contribution in [0.5, 0.6) is 0 Å². The Kier molecular flexibility index (Phi) is 4.71. The molecule has 120 valence electrons. The molecular weight excluding hydrogens is 282 g/mol. The van der Waals surface area contributed by atoms with Crippen LogP contribution in [0.3, 0.4) is 0 Å². The molecule has 0 atom stereocenters. The molecule has 1 aliphatic rings. The van der Waals surface area contributed by atoms with E-state index in [9.17, 15) is 9.59 Å². The Hall–Kier alpha value is -2.08. The van der Waals surface area contributed by atoms with Gasteiger partial charge in [-0.15, -0.1) is 0 Å². The second kappa shape index (κ2) is 6.36. The zero-order chi connectivity index (χ0) is 16.3. The Labute approximate surface area is 130 Å². The minimum Gasteiger partial charge on any atom is -0.444 e. The van der Waals surface area contributed by atoms with Gasteiger partial charge < -0.3 is 20.7 Å². The predicted molar refractivity (Wildman–Crippen MR) is 83.4 cm³/mol. The number of likely N-dealkylation sites (tertiary alicyclic amines) is 1. The number of benzene rings is 1. The lowest BCUT2D eigenvalue weighted by Gasteiger charge is -2.40. The lowest BCUT2D eigenvalue weighted by molar-refractivity contribution is 0.00518. The van der Waals surface area contributed by atoms with Crippen LogP contribution in [0.2, 0.25) is 0 Å². The minimum absolute atomic E-state index is 0.267. The Morgan fingerprint density at radius 1 is 1.27 bits per heavy atom. The third-order valence-electron chi connectivity index (χ3n) is 3.37. The van der Waals surface area contributed by atoms with E-state index >= 15 is 0 Å². The highest BCUT2D eigenvalue weighted by atomic mass is 16.6. The Morgan fingerprint density at radius 3 is 2.36 bits per heavy atom. The number of rotatable bonds is 4. The molecule has 0 saturated carbocycles. The first-order valence-electron chi connectivity index (χ1n) is 7.34. The van der Waals surface area contributed by atoms with E-state index < -0.39 is 11.5 Å². The minimum atomic E-state index is -0.461. The molecule has 1 aromatic rings. The first-order valence-corrected chi connectivity index (χ1v) is 7.34. The van der Waals surface area contributed by atoms with Crippen molar-refractivity contribution in [3.63, 3.8) is 0 Å². The summed E-state index contributed by atoms with van der Waals surface area (Å²) < 4.78 is 5.30. The fraction of sp³-hybridized carbons (Fsp3) is 0.500. The molecule has 0 spiro atoms. The normalized spacial score (nSPS) is 15.3. The SMILES string of the molecule is CC(C)(C)OC(=O)N1CC(NCc2ccc(C(N)=O)cc2)C1. The number of nitrogens with zero attached hydrogens (tertiary/aromatic N) is 1. The monoisotopic (exact) mass is 305 g/mol. The number of carbonyl (C=O) groups is 2. The number of nitrogens with two attached hydrogens (primary N) is 1. The van der Waals surface area contributed by atoms with E-state index in [1.807, 2.05) is 32.9 Å². The maximum atomic E-state index is 11.8. The largest absolute Gasteiger partial charge is 0.444 e. The summed E-state index contributed by atoms with van der Waals surface area (Å²) in [6, 6.07) is 7.44. The summed E-state index contributed by atoms with van der Waals surface area (Å²) in [5.41, 5.74) is 6.31. The number of primary amides is 1. The summed E-state index contributed by atoms with van der Waals surface area (Å²) in [5.74, 6) is -0.425. The van der Waals surface area contributed by atoms with Gasteiger partial charge in [-0.05, 0) is 38.5 Å². The van der Waals surface area contributed by atoms with E-state index in [0.29, 0.717) is 25.2 Å². The average Bonchev–Trinajstić information content (AvgIpc) is 2.35. The van der Waals surface area contributed by atoms with Crippen LogP contribution in [0, 0.1) is 0 Å². The molecule has 0 bridgehead atoms. The van der Waals surface area contributed by atoms with Crippen LogP contribution in [0.15, 0.2) is 24.3 Å². The van der Waals surface area contributed by atoms with Crippen molar-refractivity contribution in [2.24, 2.45) is 5.73 Å². The van der Waals surface area contributed by atoms with Crippen molar-refractivity contribution in [1.82, 2.24) is 10.2 Å². The van der Waals surface area contributed by atoms with Crippen LogP contribution in [-0.4, -0.2) is 41.6 Å². The van der Waals surface area contributed by atoms with Gasteiger partial charge in [0.1, 0.15) is 5.60 Å². The Morgan fingerprint density at radius 2 is 1.86 bits per heavy atom. The van der Waals surface area contributed by atoms with Gasteiger partial charge in [0.25, 0.3) is 0 Å². The topological polar surface area (TPSA) is 84.7 Å².